The van der Waals surface area contributed by atoms with Gasteiger partial charge in [0.2, 0.25) is 5.78 Å². The number of nitrogens with zero attached hydrogens (tertiary/aromatic N) is 1. The van der Waals surface area contributed by atoms with Gasteiger partial charge in [0.25, 0.3) is 0 Å². The van der Waals surface area contributed by atoms with Gasteiger partial charge in [-0.05, 0) is 41.5 Å². The van der Waals surface area contributed by atoms with Crippen LogP contribution in [-0.4, -0.2) is 33.2 Å². The lowest BCUT2D eigenvalue weighted by molar-refractivity contribution is -0.133. The quantitative estimate of drug-likeness (QED) is 0.135. The van der Waals surface area contributed by atoms with E-state index in [2.05, 4.69) is 0 Å². The molecule has 1 unspecified atom stereocenters. The Bertz CT molecular complexity index is 661. The molecule has 2 N–H and O–H groups in total. The molecule has 23 heavy (non-hydrogen) atoms. The lowest BCUT2D eigenvalue weighted by Gasteiger charge is -2.24. The second kappa shape index (κ2) is 7.82. The van der Waals surface area contributed by atoms with Crippen LogP contribution in [0.1, 0.15) is 31.1 Å². The maximum atomic E-state index is 13.8. The Morgan fingerprint density at radius 1 is 1.22 bits per heavy atom. The van der Waals surface area contributed by atoms with E-state index >= 15 is 0 Å². The Morgan fingerprint density at radius 3 is 2.26 bits per heavy atom. The summed E-state index contributed by atoms with van der Waals surface area (Å²) in [6, 6.07) is 0.982. The second-order valence-electron chi connectivity index (χ2n) is 5.29. The normalized spacial score (nSPS) is 13.1. The lowest BCUT2D eigenvalue weighted by atomic mass is 10.0. The van der Waals surface area contributed by atoms with Gasteiger partial charge in [-0.2, -0.15) is 0 Å². The third kappa shape index (κ3) is 4.71. The zero-order valence-corrected chi connectivity index (χ0v) is 14.8. The number of carboxylic acid groups (broad SMARTS) is 1. The number of hydrogen-bond donors (Lipinski definition) is 2. The molecule has 1 atom stereocenters. The highest BCUT2D eigenvalue weighted by atomic mass is 127. The van der Waals surface area contributed by atoms with Gasteiger partial charge < -0.3 is 5.11 Å². The van der Waals surface area contributed by atoms with Crippen molar-refractivity contribution in [3.8, 4) is 0 Å². The van der Waals surface area contributed by atoms with Crippen LogP contribution < -0.4 is 0 Å². The molecule has 1 aromatic carbocycles. The van der Waals surface area contributed by atoms with Crippen LogP contribution in [0.4, 0.5) is 8.78 Å². The van der Waals surface area contributed by atoms with Crippen LogP contribution in [0.2, 0.25) is 0 Å². The number of benzene rings is 1. The Labute approximate surface area is 145 Å². The number of carboxylic acids is 1. The highest BCUT2D eigenvalue weighted by molar-refractivity contribution is 14.1. The number of ketones is 1. The van der Waals surface area contributed by atoms with Crippen molar-refractivity contribution in [3.05, 3.63) is 44.7 Å². The number of carbonyl (C=O) groups excluding carboxylic acids is 1. The zero-order valence-electron chi connectivity index (χ0n) is 12.7. The molecule has 0 saturated heterocycles. The molecule has 0 heterocycles. The molecule has 0 aromatic heterocycles. The molecule has 8 heteroatoms. The van der Waals surface area contributed by atoms with Gasteiger partial charge in [0.15, 0.2) is 0 Å². The average Bonchev–Trinajstić information content (AvgIpc) is 2.46. The summed E-state index contributed by atoms with van der Waals surface area (Å²) >= 11 is 1.56. The van der Waals surface area contributed by atoms with Crippen molar-refractivity contribution >= 4 is 34.3 Å². The first-order valence-electron chi connectivity index (χ1n) is 6.67. The summed E-state index contributed by atoms with van der Waals surface area (Å²) < 4.78 is 27.0. The van der Waals surface area contributed by atoms with E-state index in [4.69, 9.17) is 5.11 Å². The molecular weight excluding hydrogens is 423 g/mol. The zero-order chi connectivity index (χ0) is 17.9. The summed E-state index contributed by atoms with van der Waals surface area (Å²) in [7, 11) is 0. The van der Waals surface area contributed by atoms with Crippen molar-refractivity contribution in [3.63, 3.8) is 0 Å². The molecular formula is C15H16F2INO4. The van der Waals surface area contributed by atoms with Crippen LogP contribution in [0.5, 0.6) is 0 Å². The monoisotopic (exact) mass is 439 g/mol. The number of carbonyl (C=O) groups is 2. The van der Waals surface area contributed by atoms with E-state index in [9.17, 15) is 23.6 Å². The third-order valence-corrected chi connectivity index (χ3v) is 4.20. The van der Waals surface area contributed by atoms with E-state index in [0.29, 0.717) is 11.1 Å². The lowest BCUT2D eigenvalue weighted by Crippen LogP contribution is -2.31. The van der Waals surface area contributed by atoms with E-state index < -0.39 is 40.6 Å². The number of Topliss-reactive ketones (excluding diaryl/α,β-unsaturated/α-hetero) is 1. The largest absolute Gasteiger partial charge is 0.477 e. The first-order valence-corrected chi connectivity index (χ1v) is 7.75. The van der Waals surface area contributed by atoms with Crippen LogP contribution in [0.3, 0.4) is 0 Å². The minimum Gasteiger partial charge on any atom is -0.477 e. The maximum absolute atomic E-state index is 13.8. The first kappa shape index (κ1) is 19.5. The van der Waals surface area contributed by atoms with Crippen molar-refractivity contribution in [2.45, 2.75) is 26.8 Å². The van der Waals surface area contributed by atoms with Crippen molar-refractivity contribution in [2.24, 2.45) is 5.92 Å². The van der Waals surface area contributed by atoms with Gasteiger partial charge in [-0.15, -0.1) is 0 Å². The van der Waals surface area contributed by atoms with Crippen molar-refractivity contribution in [1.29, 1.82) is 0 Å². The Morgan fingerprint density at radius 2 is 1.78 bits per heavy atom. The van der Waals surface area contributed by atoms with E-state index in [1.54, 1.807) is 43.4 Å². The Balaban J connectivity index is 3.29. The third-order valence-electron chi connectivity index (χ3n) is 3.37. The smallest absolute Gasteiger partial charge is 0.341 e. The van der Waals surface area contributed by atoms with Gasteiger partial charge in [-0.1, -0.05) is 13.8 Å². The van der Waals surface area contributed by atoms with Crippen LogP contribution in [0.15, 0.2) is 23.9 Å². The number of hydrogen-bond acceptors (Lipinski definition) is 4. The molecule has 126 valence electrons. The van der Waals surface area contributed by atoms with Crippen molar-refractivity contribution < 1.29 is 28.7 Å². The fourth-order valence-electron chi connectivity index (χ4n) is 1.61. The van der Waals surface area contributed by atoms with E-state index in [1.807, 2.05) is 0 Å². The summed E-state index contributed by atoms with van der Waals surface area (Å²) in [5.41, 5.74) is -1.39. The molecule has 1 aromatic rings. The topological polar surface area (TPSA) is 77.8 Å². The molecule has 0 amide bonds. The number of hydroxylamine groups is 2. The van der Waals surface area contributed by atoms with E-state index in [1.165, 1.54) is 0 Å². The van der Waals surface area contributed by atoms with Gasteiger partial charge in [-0.25, -0.2) is 13.6 Å². The number of aliphatic carboxylic acids is 1. The van der Waals surface area contributed by atoms with Gasteiger partial charge in [0.05, 0.1) is 11.6 Å². The molecule has 1 rings (SSSR count). The average molecular weight is 439 g/mol. The van der Waals surface area contributed by atoms with E-state index in [-0.39, 0.29) is 9.49 Å². The van der Waals surface area contributed by atoms with Gasteiger partial charge in [0, 0.05) is 15.8 Å². The van der Waals surface area contributed by atoms with Crippen molar-refractivity contribution in [1.82, 2.24) is 5.06 Å². The van der Waals surface area contributed by atoms with Crippen LogP contribution in [-0.2, 0) is 4.79 Å². The van der Waals surface area contributed by atoms with Crippen LogP contribution in [0.25, 0.3) is 0 Å². The molecule has 0 aliphatic heterocycles. The minimum atomic E-state index is -1.62. The Kier molecular flexibility index (Phi) is 6.63. The molecule has 0 saturated carbocycles. The standard InChI is InChI=1S/C15H16F2INO4/c1-7(2)8(3)19(23)6-10(15(21)22)14(20)9-4-13(18)12(17)5-11(9)16/h4-8,23H,1-3H3,(H,21,22)/b10-6-. The second-order valence-corrected chi connectivity index (χ2v) is 6.45. The fraction of sp³-hybridized carbons (Fsp3) is 0.333. The summed E-state index contributed by atoms with van der Waals surface area (Å²) in [5.74, 6) is -4.81. The summed E-state index contributed by atoms with van der Waals surface area (Å²) in [6.45, 7) is 5.23. The van der Waals surface area contributed by atoms with Crippen LogP contribution in [0, 0.1) is 21.1 Å². The number of rotatable bonds is 6. The maximum Gasteiger partial charge on any atom is 0.341 e. The molecule has 0 aliphatic rings. The fourth-order valence-corrected chi connectivity index (χ4v) is 2.08. The molecule has 5 nitrogen and oxygen atoms in total. The first-order chi connectivity index (χ1) is 10.6. The predicted octanol–water partition coefficient (Wildman–Crippen LogP) is 3.46. The molecule has 0 bridgehead atoms. The van der Waals surface area contributed by atoms with Crippen LogP contribution >= 0.6 is 22.6 Å². The summed E-state index contributed by atoms with van der Waals surface area (Å²) in [5, 5.41) is 19.6. The highest BCUT2D eigenvalue weighted by Gasteiger charge is 2.25. The Hall–Kier alpha value is -1.55. The molecule has 0 fully saturated rings. The van der Waals surface area contributed by atoms with Gasteiger partial charge in [-0.3, -0.25) is 15.1 Å². The predicted molar refractivity (Wildman–Crippen MR) is 87.0 cm³/mol. The van der Waals surface area contributed by atoms with E-state index in [0.717, 1.165) is 12.3 Å². The SMILES string of the molecule is CC(C)C(C)N(O)/C=C(\C(=O)O)C(=O)c1cc(I)c(F)cc1F. The molecule has 0 aliphatic carbocycles. The minimum absolute atomic E-state index is 0.0199. The summed E-state index contributed by atoms with van der Waals surface area (Å²) in [4.78, 5) is 23.5. The van der Waals surface area contributed by atoms with Gasteiger partial charge in [0.1, 0.15) is 17.2 Å². The highest BCUT2D eigenvalue weighted by Crippen LogP contribution is 2.20. The van der Waals surface area contributed by atoms with Crippen molar-refractivity contribution in [2.75, 3.05) is 0 Å². The summed E-state index contributed by atoms with van der Waals surface area (Å²) in [6.07, 6.45) is 0.741. The van der Waals surface area contributed by atoms with Gasteiger partial charge >= 0.3 is 5.97 Å². The number of halogens is 3. The molecule has 0 spiro atoms. The molecule has 0 radical (unpaired) electrons.